The Kier molecular flexibility index (Phi) is 5.01. The first-order valence-electron chi connectivity index (χ1n) is 9.79. The van der Waals surface area contributed by atoms with Crippen LogP contribution in [-0.2, 0) is 11.3 Å². The Morgan fingerprint density at radius 2 is 1.78 bits per heavy atom. The van der Waals surface area contributed by atoms with E-state index in [0.717, 1.165) is 25.7 Å². The van der Waals surface area contributed by atoms with Gasteiger partial charge in [0.05, 0.1) is 11.8 Å². The zero-order valence-electron chi connectivity index (χ0n) is 15.8. The minimum absolute atomic E-state index is 0.00615. The van der Waals surface area contributed by atoms with Crippen LogP contribution in [0.25, 0.3) is 0 Å². The lowest BCUT2D eigenvalue weighted by molar-refractivity contribution is -0.138. The number of furan rings is 1. The van der Waals surface area contributed by atoms with Crippen LogP contribution < -0.4 is 0 Å². The molecule has 2 heterocycles. The molecular weight excluding hydrogens is 340 g/mol. The first kappa shape index (κ1) is 17.8. The average Bonchev–Trinajstić information content (AvgIpc) is 3.39. The molecule has 27 heavy (non-hydrogen) atoms. The SMILES string of the molecule is Cc1ccc(CN(C(=O)C2CCN(C(=O)c3ccoc3)CC2)C2CC2)cc1. The first-order valence-corrected chi connectivity index (χ1v) is 9.79. The third kappa shape index (κ3) is 4.07. The number of nitrogens with zero attached hydrogens (tertiary/aromatic N) is 2. The summed E-state index contributed by atoms with van der Waals surface area (Å²) in [5.74, 6) is 0.270. The molecule has 142 valence electrons. The maximum absolute atomic E-state index is 13.2. The summed E-state index contributed by atoms with van der Waals surface area (Å²) in [6.07, 6.45) is 6.68. The van der Waals surface area contributed by atoms with E-state index in [0.29, 0.717) is 31.2 Å². The van der Waals surface area contributed by atoms with Gasteiger partial charge in [-0.25, -0.2) is 0 Å². The third-order valence-corrected chi connectivity index (χ3v) is 5.64. The first-order chi connectivity index (χ1) is 13.1. The van der Waals surface area contributed by atoms with Crippen LogP contribution in [0.15, 0.2) is 47.3 Å². The summed E-state index contributed by atoms with van der Waals surface area (Å²) in [6, 6.07) is 10.5. The van der Waals surface area contributed by atoms with Crippen LogP contribution in [0.4, 0.5) is 0 Å². The molecule has 0 unspecified atom stereocenters. The lowest BCUT2D eigenvalue weighted by atomic mass is 9.94. The van der Waals surface area contributed by atoms with E-state index in [9.17, 15) is 9.59 Å². The van der Waals surface area contributed by atoms with Gasteiger partial charge in [-0.05, 0) is 44.2 Å². The van der Waals surface area contributed by atoms with Crippen molar-refractivity contribution in [1.29, 1.82) is 0 Å². The van der Waals surface area contributed by atoms with Gasteiger partial charge in [-0.1, -0.05) is 29.8 Å². The fourth-order valence-corrected chi connectivity index (χ4v) is 3.80. The van der Waals surface area contributed by atoms with E-state index >= 15 is 0 Å². The molecule has 0 spiro atoms. The number of carbonyl (C=O) groups excluding carboxylic acids is 2. The van der Waals surface area contributed by atoms with E-state index in [1.54, 1.807) is 6.07 Å². The molecule has 0 atom stereocenters. The maximum atomic E-state index is 13.2. The van der Waals surface area contributed by atoms with Crippen molar-refractivity contribution in [1.82, 2.24) is 9.80 Å². The Labute approximate surface area is 159 Å². The quantitative estimate of drug-likeness (QED) is 0.812. The molecule has 1 aliphatic heterocycles. The monoisotopic (exact) mass is 366 g/mol. The molecule has 5 nitrogen and oxygen atoms in total. The molecule has 0 N–H and O–H groups in total. The number of benzene rings is 1. The molecule has 1 aromatic carbocycles. The van der Waals surface area contributed by atoms with E-state index in [1.807, 2.05) is 4.90 Å². The second-order valence-electron chi connectivity index (χ2n) is 7.76. The molecule has 1 saturated carbocycles. The zero-order valence-corrected chi connectivity index (χ0v) is 15.8. The molecule has 2 fully saturated rings. The molecule has 1 aliphatic carbocycles. The Bertz CT molecular complexity index is 785. The minimum Gasteiger partial charge on any atom is -0.472 e. The van der Waals surface area contributed by atoms with Crippen LogP contribution in [0.3, 0.4) is 0 Å². The molecule has 4 rings (SSSR count). The fourth-order valence-electron chi connectivity index (χ4n) is 3.80. The van der Waals surface area contributed by atoms with Gasteiger partial charge in [0.1, 0.15) is 6.26 Å². The van der Waals surface area contributed by atoms with Gasteiger partial charge in [0, 0.05) is 31.6 Å². The van der Waals surface area contributed by atoms with Gasteiger partial charge < -0.3 is 14.2 Å². The molecular formula is C22H26N2O3. The van der Waals surface area contributed by atoms with Crippen LogP contribution in [0.1, 0.15) is 47.2 Å². The molecule has 2 aliphatic rings. The number of carbonyl (C=O) groups is 2. The highest BCUT2D eigenvalue weighted by Crippen LogP contribution is 2.32. The van der Waals surface area contributed by atoms with Crippen molar-refractivity contribution < 1.29 is 14.0 Å². The van der Waals surface area contributed by atoms with Gasteiger partial charge in [0.15, 0.2) is 0 Å². The van der Waals surface area contributed by atoms with Crippen LogP contribution in [0, 0.1) is 12.8 Å². The maximum Gasteiger partial charge on any atom is 0.257 e. The van der Waals surface area contributed by atoms with Crippen LogP contribution in [0.2, 0.25) is 0 Å². The van der Waals surface area contributed by atoms with Crippen LogP contribution >= 0.6 is 0 Å². The number of hydrogen-bond donors (Lipinski definition) is 0. The lowest BCUT2D eigenvalue weighted by Crippen LogP contribution is -2.44. The molecule has 2 aromatic rings. The summed E-state index contributed by atoms with van der Waals surface area (Å²) in [4.78, 5) is 29.5. The Morgan fingerprint density at radius 3 is 2.37 bits per heavy atom. The van der Waals surface area contributed by atoms with Crippen LogP contribution in [0.5, 0.6) is 0 Å². The largest absolute Gasteiger partial charge is 0.472 e. The van der Waals surface area contributed by atoms with E-state index in [1.165, 1.54) is 23.7 Å². The van der Waals surface area contributed by atoms with Gasteiger partial charge in [-0.3, -0.25) is 9.59 Å². The van der Waals surface area contributed by atoms with Crippen molar-refractivity contribution in [3.63, 3.8) is 0 Å². The summed E-state index contributed by atoms with van der Waals surface area (Å²) >= 11 is 0. The van der Waals surface area contributed by atoms with E-state index < -0.39 is 0 Å². The predicted octanol–water partition coefficient (Wildman–Crippen LogP) is 3.63. The van der Waals surface area contributed by atoms with E-state index in [-0.39, 0.29) is 17.7 Å². The Balaban J connectivity index is 1.37. The zero-order chi connectivity index (χ0) is 18.8. The van der Waals surface area contributed by atoms with Gasteiger partial charge in [-0.15, -0.1) is 0 Å². The molecule has 1 saturated heterocycles. The molecule has 5 heteroatoms. The van der Waals surface area contributed by atoms with Gasteiger partial charge in [0.25, 0.3) is 5.91 Å². The lowest BCUT2D eigenvalue weighted by Gasteiger charge is -2.34. The summed E-state index contributed by atoms with van der Waals surface area (Å²) in [6.45, 7) is 4.02. The van der Waals surface area contributed by atoms with Gasteiger partial charge in [-0.2, -0.15) is 0 Å². The normalized spacial score (nSPS) is 17.7. The number of aryl methyl sites for hydroxylation is 1. The number of rotatable bonds is 5. The average molecular weight is 366 g/mol. The molecule has 0 bridgehead atoms. The number of likely N-dealkylation sites (tertiary alicyclic amines) is 1. The Hall–Kier alpha value is -2.56. The summed E-state index contributed by atoms with van der Waals surface area (Å²) in [7, 11) is 0. The Morgan fingerprint density at radius 1 is 1.07 bits per heavy atom. The van der Waals surface area contributed by atoms with E-state index in [4.69, 9.17) is 4.42 Å². The molecule has 0 radical (unpaired) electrons. The summed E-state index contributed by atoms with van der Waals surface area (Å²) in [5, 5.41) is 0. The van der Waals surface area contributed by atoms with Crippen LogP contribution in [-0.4, -0.2) is 40.7 Å². The van der Waals surface area contributed by atoms with Crippen molar-refractivity contribution in [3.05, 3.63) is 59.5 Å². The van der Waals surface area contributed by atoms with Gasteiger partial charge in [0.2, 0.25) is 5.91 Å². The number of amides is 2. The second-order valence-corrected chi connectivity index (χ2v) is 7.76. The third-order valence-electron chi connectivity index (χ3n) is 5.64. The highest BCUT2D eigenvalue weighted by molar-refractivity contribution is 5.94. The van der Waals surface area contributed by atoms with E-state index in [2.05, 4.69) is 36.1 Å². The van der Waals surface area contributed by atoms with Crippen molar-refractivity contribution in [2.75, 3.05) is 13.1 Å². The minimum atomic E-state index is -0.00615. The van der Waals surface area contributed by atoms with Crippen molar-refractivity contribution >= 4 is 11.8 Å². The molecule has 1 aromatic heterocycles. The number of piperidine rings is 1. The highest BCUT2D eigenvalue weighted by Gasteiger charge is 2.37. The smallest absolute Gasteiger partial charge is 0.257 e. The molecule has 2 amide bonds. The van der Waals surface area contributed by atoms with Crippen molar-refractivity contribution in [3.8, 4) is 0 Å². The topological polar surface area (TPSA) is 53.8 Å². The number of hydrogen-bond acceptors (Lipinski definition) is 3. The van der Waals surface area contributed by atoms with Crippen molar-refractivity contribution in [2.45, 2.75) is 45.2 Å². The predicted molar refractivity (Wildman–Crippen MR) is 102 cm³/mol. The highest BCUT2D eigenvalue weighted by atomic mass is 16.3. The fraction of sp³-hybridized carbons (Fsp3) is 0.455. The van der Waals surface area contributed by atoms with Crippen molar-refractivity contribution in [2.24, 2.45) is 5.92 Å². The summed E-state index contributed by atoms with van der Waals surface area (Å²) in [5.41, 5.74) is 3.00. The summed E-state index contributed by atoms with van der Waals surface area (Å²) < 4.78 is 5.01. The second kappa shape index (κ2) is 7.59. The van der Waals surface area contributed by atoms with Gasteiger partial charge >= 0.3 is 0 Å². The standard InChI is InChI=1S/C22H26N2O3/c1-16-2-4-17(5-3-16)14-24(20-6-7-20)22(26)18-8-11-23(12-9-18)21(25)19-10-13-27-15-19/h2-5,10,13,15,18,20H,6-9,11-12,14H2,1H3.